The molecule has 1 saturated heterocycles. The second kappa shape index (κ2) is 8.42. The zero-order valence-corrected chi connectivity index (χ0v) is 15.5. The first-order valence-electron chi connectivity index (χ1n) is 8.73. The highest BCUT2D eigenvalue weighted by Gasteiger charge is 2.26. The summed E-state index contributed by atoms with van der Waals surface area (Å²) in [5.41, 5.74) is 5.03. The molecule has 0 spiro atoms. The maximum absolute atomic E-state index is 11.1. The van der Waals surface area contributed by atoms with Gasteiger partial charge in [-0.1, -0.05) is 24.3 Å². The minimum Gasteiger partial charge on any atom is -0.481 e. The number of rotatable bonds is 7. The molecule has 6 nitrogen and oxygen atoms in total. The van der Waals surface area contributed by atoms with Crippen molar-refractivity contribution in [3.05, 3.63) is 41.0 Å². The molecule has 1 amide bonds. The molecule has 2 heterocycles. The number of hydrogen-bond donors (Lipinski definition) is 2. The summed E-state index contributed by atoms with van der Waals surface area (Å²) in [6, 6.07) is 8.10. The number of carboxylic acids is 1. The summed E-state index contributed by atoms with van der Waals surface area (Å²) in [5.74, 6) is -0.952. The van der Waals surface area contributed by atoms with Gasteiger partial charge in [-0.15, -0.1) is 11.3 Å². The summed E-state index contributed by atoms with van der Waals surface area (Å²) in [4.78, 5) is 29.8. The van der Waals surface area contributed by atoms with Gasteiger partial charge in [0.2, 0.25) is 6.41 Å². The van der Waals surface area contributed by atoms with E-state index in [1.807, 2.05) is 24.6 Å². The van der Waals surface area contributed by atoms with E-state index in [1.165, 1.54) is 0 Å². The summed E-state index contributed by atoms with van der Waals surface area (Å²) in [7, 11) is 0. The van der Waals surface area contributed by atoms with Crippen LogP contribution in [0.2, 0.25) is 0 Å². The van der Waals surface area contributed by atoms with Crippen molar-refractivity contribution >= 4 is 23.7 Å². The zero-order valence-electron chi connectivity index (χ0n) is 14.7. The standard InChI is InChI=1S/C19H23N3O3S/c1-13-18(26-12-21-13)15-4-2-14(3-5-15)17(20-11-23)10-22-8-6-16(7-9-22)19(24)25/h2-5,11-12,16-17H,6-10H2,1H3,(H,20,23)(H,24,25). The third kappa shape index (κ3) is 4.28. The molecule has 1 atom stereocenters. The molecule has 0 bridgehead atoms. The van der Waals surface area contributed by atoms with E-state index >= 15 is 0 Å². The van der Waals surface area contributed by atoms with Crippen molar-refractivity contribution in [2.75, 3.05) is 19.6 Å². The second-order valence-corrected chi connectivity index (χ2v) is 7.49. The Labute approximate surface area is 156 Å². The number of thiazole rings is 1. The van der Waals surface area contributed by atoms with E-state index in [1.54, 1.807) is 11.3 Å². The lowest BCUT2D eigenvalue weighted by Gasteiger charge is -2.32. The normalized spacial score (nSPS) is 17.0. The first-order chi connectivity index (χ1) is 12.6. The molecule has 2 aromatic rings. The van der Waals surface area contributed by atoms with Crippen LogP contribution in [0.1, 0.15) is 30.1 Å². The van der Waals surface area contributed by atoms with Crippen LogP contribution >= 0.6 is 11.3 Å². The fraction of sp³-hybridized carbons (Fsp3) is 0.421. The molecule has 1 aliphatic rings. The molecule has 1 aromatic heterocycles. The van der Waals surface area contributed by atoms with Gasteiger partial charge in [0, 0.05) is 6.54 Å². The Morgan fingerprint density at radius 1 is 1.38 bits per heavy atom. The predicted octanol–water partition coefficient (Wildman–Crippen LogP) is 2.70. The number of aryl methyl sites for hydroxylation is 1. The van der Waals surface area contributed by atoms with Gasteiger partial charge in [-0.25, -0.2) is 4.98 Å². The van der Waals surface area contributed by atoms with Gasteiger partial charge in [0.25, 0.3) is 0 Å². The molecule has 0 radical (unpaired) electrons. The molecule has 2 N–H and O–H groups in total. The Kier molecular flexibility index (Phi) is 6.00. The van der Waals surface area contributed by atoms with Crippen molar-refractivity contribution < 1.29 is 14.7 Å². The number of carbonyl (C=O) groups is 2. The number of likely N-dealkylation sites (tertiary alicyclic amines) is 1. The Morgan fingerprint density at radius 2 is 2.08 bits per heavy atom. The van der Waals surface area contributed by atoms with Gasteiger partial charge in [-0.2, -0.15) is 0 Å². The number of amides is 1. The van der Waals surface area contributed by atoms with Crippen LogP contribution in [-0.2, 0) is 9.59 Å². The lowest BCUT2D eigenvalue weighted by molar-refractivity contribution is -0.143. The quantitative estimate of drug-likeness (QED) is 0.729. The number of nitrogens with one attached hydrogen (secondary N) is 1. The molecule has 26 heavy (non-hydrogen) atoms. The first-order valence-corrected chi connectivity index (χ1v) is 9.61. The Morgan fingerprint density at radius 3 is 2.62 bits per heavy atom. The molecular formula is C19H23N3O3S. The minimum absolute atomic E-state index is 0.106. The van der Waals surface area contributed by atoms with Crippen LogP contribution < -0.4 is 5.32 Å². The number of benzene rings is 1. The van der Waals surface area contributed by atoms with Crippen molar-refractivity contribution in [3.8, 4) is 10.4 Å². The van der Waals surface area contributed by atoms with Crippen LogP contribution in [-0.4, -0.2) is 47.0 Å². The summed E-state index contributed by atoms with van der Waals surface area (Å²) in [6.45, 7) is 4.17. The third-order valence-corrected chi connectivity index (χ3v) is 5.95. The van der Waals surface area contributed by atoms with Gasteiger partial charge < -0.3 is 15.3 Å². The fourth-order valence-electron chi connectivity index (χ4n) is 3.40. The number of carbonyl (C=O) groups excluding carboxylic acids is 1. The van der Waals surface area contributed by atoms with E-state index in [2.05, 4.69) is 27.3 Å². The number of piperidine rings is 1. The van der Waals surface area contributed by atoms with E-state index in [4.69, 9.17) is 5.11 Å². The van der Waals surface area contributed by atoms with Gasteiger partial charge in [-0.05, 0) is 44.0 Å². The number of aromatic nitrogens is 1. The highest BCUT2D eigenvalue weighted by molar-refractivity contribution is 7.13. The zero-order chi connectivity index (χ0) is 18.5. The monoisotopic (exact) mass is 373 g/mol. The van der Waals surface area contributed by atoms with Gasteiger partial charge in [-0.3, -0.25) is 9.59 Å². The maximum Gasteiger partial charge on any atom is 0.306 e. The molecule has 0 aliphatic carbocycles. The van der Waals surface area contributed by atoms with Crippen LogP contribution in [0, 0.1) is 12.8 Å². The largest absolute Gasteiger partial charge is 0.481 e. The lowest BCUT2D eigenvalue weighted by atomic mass is 9.96. The Bertz CT molecular complexity index is 752. The third-order valence-electron chi connectivity index (χ3n) is 4.97. The summed E-state index contributed by atoms with van der Waals surface area (Å²) in [6.07, 6.45) is 2.05. The topological polar surface area (TPSA) is 82.5 Å². The average molecular weight is 373 g/mol. The average Bonchev–Trinajstić information content (AvgIpc) is 3.08. The van der Waals surface area contributed by atoms with Crippen LogP contribution in [0.25, 0.3) is 10.4 Å². The molecular weight excluding hydrogens is 350 g/mol. The van der Waals surface area contributed by atoms with Crippen molar-refractivity contribution in [2.45, 2.75) is 25.8 Å². The van der Waals surface area contributed by atoms with E-state index in [9.17, 15) is 9.59 Å². The SMILES string of the molecule is Cc1ncsc1-c1ccc(C(CN2CCC(C(=O)O)CC2)NC=O)cc1. The number of carboxylic acid groups (broad SMARTS) is 1. The van der Waals surface area contributed by atoms with Crippen LogP contribution in [0.4, 0.5) is 0 Å². The first kappa shape index (κ1) is 18.5. The highest BCUT2D eigenvalue weighted by atomic mass is 32.1. The van der Waals surface area contributed by atoms with Crippen LogP contribution in [0.5, 0.6) is 0 Å². The van der Waals surface area contributed by atoms with Crippen LogP contribution in [0.3, 0.4) is 0 Å². The number of aliphatic carboxylic acids is 1. The molecule has 3 rings (SSSR count). The van der Waals surface area contributed by atoms with Gasteiger partial charge in [0.1, 0.15) is 0 Å². The second-order valence-electron chi connectivity index (χ2n) is 6.64. The molecule has 138 valence electrons. The lowest BCUT2D eigenvalue weighted by Crippen LogP contribution is -2.41. The van der Waals surface area contributed by atoms with Crippen molar-refractivity contribution in [1.82, 2.24) is 15.2 Å². The Balaban J connectivity index is 1.67. The summed E-state index contributed by atoms with van der Waals surface area (Å²) >= 11 is 1.62. The van der Waals surface area contributed by atoms with E-state index in [0.29, 0.717) is 19.4 Å². The fourth-order valence-corrected chi connectivity index (χ4v) is 4.21. The highest BCUT2D eigenvalue weighted by Crippen LogP contribution is 2.28. The summed E-state index contributed by atoms with van der Waals surface area (Å²) < 4.78 is 0. The van der Waals surface area contributed by atoms with Crippen molar-refractivity contribution in [3.63, 3.8) is 0 Å². The molecule has 7 heteroatoms. The minimum atomic E-state index is -0.707. The van der Waals surface area contributed by atoms with Gasteiger partial charge in [0.15, 0.2) is 0 Å². The van der Waals surface area contributed by atoms with E-state index in [0.717, 1.165) is 41.2 Å². The molecule has 1 unspecified atom stereocenters. The maximum atomic E-state index is 11.1. The van der Waals surface area contributed by atoms with Gasteiger partial charge >= 0.3 is 5.97 Å². The van der Waals surface area contributed by atoms with Crippen molar-refractivity contribution in [1.29, 1.82) is 0 Å². The molecule has 0 saturated carbocycles. The summed E-state index contributed by atoms with van der Waals surface area (Å²) in [5, 5.41) is 12.0. The number of nitrogens with zero attached hydrogens (tertiary/aromatic N) is 2. The van der Waals surface area contributed by atoms with Gasteiger partial charge in [0.05, 0.1) is 28.0 Å². The van der Waals surface area contributed by atoms with Crippen molar-refractivity contribution in [2.24, 2.45) is 5.92 Å². The molecule has 1 aliphatic heterocycles. The predicted molar refractivity (Wildman–Crippen MR) is 101 cm³/mol. The Hall–Kier alpha value is -2.25. The van der Waals surface area contributed by atoms with E-state index < -0.39 is 5.97 Å². The molecule has 1 aromatic carbocycles. The smallest absolute Gasteiger partial charge is 0.306 e. The van der Waals surface area contributed by atoms with E-state index in [-0.39, 0.29) is 12.0 Å². The molecule has 1 fully saturated rings. The van der Waals surface area contributed by atoms with Crippen LogP contribution in [0.15, 0.2) is 29.8 Å². The number of hydrogen-bond acceptors (Lipinski definition) is 5.